The molecule has 1 aromatic heterocycles. The third kappa shape index (κ3) is 2.95. The van der Waals surface area contributed by atoms with E-state index in [1.54, 1.807) is 0 Å². The Morgan fingerprint density at radius 1 is 1.22 bits per heavy atom. The maximum absolute atomic E-state index is 5.77. The molecule has 0 amide bonds. The Labute approximate surface area is 129 Å². The van der Waals surface area contributed by atoms with Gasteiger partial charge in [0.1, 0.15) is 0 Å². The maximum atomic E-state index is 5.77. The van der Waals surface area contributed by atoms with Gasteiger partial charge in [-0.25, -0.2) is 0 Å². The molecule has 2 aliphatic rings. The number of aryl methyl sites for hydroxylation is 2. The molecule has 0 saturated heterocycles. The summed E-state index contributed by atoms with van der Waals surface area (Å²) in [6, 6.07) is 0. The number of rotatable bonds is 1. The molecular formula is C12H19Cl2N3Pt. The van der Waals surface area contributed by atoms with E-state index in [0.717, 1.165) is 5.92 Å². The Morgan fingerprint density at radius 2 is 1.72 bits per heavy atom. The van der Waals surface area contributed by atoms with E-state index in [0.29, 0.717) is 0 Å². The number of fused-ring (bicyclic) bond motifs is 2. The zero-order valence-electron chi connectivity index (χ0n) is 10.7. The van der Waals surface area contributed by atoms with Gasteiger partial charge in [-0.3, -0.25) is 0 Å². The normalized spacial score (nSPS) is 29.6. The number of aromatic nitrogens is 2. The molecule has 0 aliphatic heterocycles. The molecule has 0 spiro atoms. The van der Waals surface area contributed by atoms with Crippen molar-refractivity contribution < 1.29 is 19.4 Å². The van der Waals surface area contributed by atoms with E-state index in [1.165, 1.54) is 39.8 Å². The summed E-state index contributed by atoms with van der Waals surface area (Å²) in [4.78, 5) is 0. The Bertz CT molecular complexity index is 436. The Kier molecular flexibility index (Phi) is 4.80. The van der Waals surface area contributed by atoms with Crippen molar-refractivity contribution in [1.29, 1.82) is 0 Å². The summed E-state index contributed by atoms with van der Waals surface area (Å²) in [6.07, 6.45) is 10.3. The van der Waals surface area contributed by atoms with Gasteiger partial charge in [-0.05, 0) is 61.6 Å². The fourth-order valence-electron chi connectivity index (χ4n) is 2.96. The number of hydrogen-bond acceptors (Lipinski definition) is 1. The topological polar surface area (TPSA) is 13.1 Å². The number of hydrogen-bond donors (Lipinski definition) is 0. The Hall–Kier alpha value is 0.438. The number of halogens is 2. The molecule has 0 aromatic carbocycles. The van der Waals surface area contributed by atoms with Crippen molar-refractivity contribution in [1.82, 2.24) is 13.1 Å². The van der Waals surface area contributed by atoms with Gasteiger partial charge in [-0.1, -0.05) is 0 Å². The summed E-state index contributed by atoms with van der Waals surface area (Å²) in [5.41, 5.74) is 0.174. The first kappa shape index (κ1) is 14.8. The molecule has 106 valence electrons. The van der Waals surface area contributed by atoms with Crippen LogP contribution in [0.4, 0.5) is 0 Å². The molecule has 0 unspecified atom stereocenters. The summed E-state index contributed by atoms with van der Waals surface area (Å²) in [7, 11) is 4.06. The molecule has 2 bridgehead atoms. The standard InChI is InChI=1S/C7H11Cl2N.C5H8N2.Pt/c8-10(9)7-3-1-6(5-7)2-4-7;1-6-3-4-7(2)5-6;/h6H,1-5H2;3-4H,1-2H3;. The van der Waals surface area contributed by atoms with Crippen LogP contribution >= 0.6 is 23.6 Å². The van der Waals surface area contributed by atoms with Crippen LogP contribution in [0.3, 0.4) is 0 Å². The van der Waals surface area contributed by atoms with Crippen LogP contribution in [0.2, 0.25) is 0 Å². The van der Waals surface area contributed by atoms with Gasteiger partial charge in [-0.15, -0.1) is 3.94 Å². The van der Waals surface area contributed by atoms with Crippen LogP contribution in [-0.4, -0.2) is 18.6 Å². The van der Waals surface area contributed by atoms with Gasteiger partial charge in [0.15, 0.2) is 0 Å². The Morgan fingerprint density at radius 3 is 1.89 bits per heavy atom. The molecule has 2 aliphatic carbocycles. The van der Waals surface area contributed by atoms with Crippen molar-refractivity contribution in [2.24, 2.45) is 20.0 Å². The second-order valence-electron chi connectivity index (χ2n) is 5.37. The summed E-state index contributed by atoms with van der Waals surface area (Å²) >= 11 is 13.8. The molecule has 18 heavy (non-hydrogen) atoms. The molecule has 3 rings (SSSR count). The molecule has 0 radical (unpaired) electrons. The number of nitrogens with zero attached hydrogens (tertiary/aromatic N) is 3. The van der Waals surface area contributed by atoms with Crippen LogP contribution in [0.1, 0.15) is 32.1 Å². The molecule has 0 atom stereocenters. The van der Waals surface area contributed by atoms with Gasteiger partial charge in [0.05, 0.1) is 5.54 Å². The van der Waals surface area contributed by atoms with Crippen molar-refractivity contribution in [2.75, 3.05) is 0 Å². The van der Waals surface area contributed by atoms with Crippen molar-refractivity contribution in [3.8, 4) is 0 Å². The van der Waals surface area contributed by atoms with Crippen molar-refractivity contribution in [3.05, 3.63) is 16.2 Å². The Balaban J connectivity index is 0.000000138. The SMILES string of the molecule is ClN(Cl)C12CCC(CC1)C2.Cn1ccn(C)[c]1=[Pt]. The van der Waals surface area contributed by atoms with E-state index in [-0.39, 0.29) is 5.54 Å². The van der Waals surface area contributed by atoms with Crippen LogP contribution in [0.25, 0.3) is 0 Å². The predicted octanol–water partition coefficient (Wildman–Crippen LogP) is 3.37. The van der Waals surface area contributed by atoms with Crippen molar-refractivity contribution in [2.45, 2.75) is 37.6 Å². The molecule has 6 heteroatoms. The van der Waals surface area contributed by atoms with Gasteiger partial charge in [-0.2, -0.15) is 0 Å². The minimum absolute atomic E-state index is 0.174. The first-order chi connectivity index (χ1) is 8.44. The van der Waals surface area contributed by atoms with E-state index in [9.17, 15) is 0 Å². The summed E-state index contributed by atoms with van der Waals surface area (Å²) in [5, 5.41) is 0. The average Bonchev–Trinajstić information content (AvgIpc) is 3.03. The average molecular weight is 471 g/mol. The summed E-state index contributed by atoms with van der Waals surface area (Å²) < 4.78 is 6.79. The summed E-state index contributed by atoms with van der Waals surface area (Å²) in [5.74, 6) is 0.917. The fraction of sp³-hybridized carbons (Fsp3) is 0.750. The van der Waals surface area contributed by atoms with Crippen LogP contribution < -0.4 is 0 Å². The van der Waals surface area contributed by atoms with Crippen LogP contribution in [0.5, 0.6) is 0 Å². The zero-order valence-corrected chi connectivity index (χ0v) is 14.5. The van der Waals surface area contributed by atoms with E-state index in [2.05, 4.69) is 28.5 Å². The second kappa shape index (κ2) is 5.83. The first-order valence-corrected chi connectivity index (χ1v) is 8.01. The third-order valence-electron chi connectivity index (χ3n) is 4.12. The second-order valence-corrected chi connectivity index (χ2v) is 7.23. The molecule has 2 fully saturated rings. The molecular weight excluding hydrogens is 452 g/mol. The van der Waals surface area contributed by atoms with Gasteiger partial charge < -0.3 is 0 Å². The van der Waals surface area contributed by atoms with Crippen LogP contribution in [0, 0.1) is 9.72 Å². The fourth-order valence-corrected chi connectivity index (χ4v) is 3.78. The van der Waals surface area contributed by atoms with E-state index in [4.69, 9.17) is 23.6 Å². The number of imidazole rings is 1. The molecule has 0 N–H and O–H groups in total. The molecule has 1 heterocycles. The third-order valence-corrected chi connectivity index (χ3v) is 6.44. The van der Waals surface area contributed by atoms with Crippen molar-refractivity contribution >= 4 is 23.6 Å². The van der Waals surface area contributed by atoms with Crippen LogP contribution in [0.15, 0.2) is 12.4 Å². The monoisotopic (exact) mass is 470 g/mol. The van der Waals surface area contributed by atoms with Gasteiger partial charge in [0.2, 0.25) is 0 Å². The van der Waals surface area contributed by atoms with Gasteiger partial charge >= 0.3 is 58.8 Å². The van der Waals surface area contributed by atoms with Gasteiger partial charge in [0.25, 0.3) is 0 Å². The zero-order chi connectivity index (χ0) is 13.3. The van der Waals surface area contributed by atoms with E-state index >= 15 is 0 Å². The van der Waals surface area contributed by atoms with E-state index in [1.807, 2.05) is 26.5 Å². The first-order valence-electron chi connectivity index (χ1n) is 6.20. The van der Waals surface area contributed by atoms with Crippen LogP contribution in [-0.2, 0) is 33.4 Å². The predicted molar refractivity (Wildman–Crippen MR) is 70.5 cm³/mol. The van der Waals surface area contributed by atoms with Gasteiger partial charge in [0, 0.05) is 0 Å². The minimum atomic E-state index is 0.174. The molecule has 1 aromatic rings. The van der Waals surface area contributed by atoms with Crippen molar-refractivity contribution in [3.63, 3.8) is 0 Å². The molecule has 3 nitrogen and oxygen atoms in total. The summed E-state index contributed by atoms with van der Waals surface area (Å²) in [6.45, 7) is 0. The quantitative estimate of drug-likeness (QED) is 0.573. The van der Waals surface area contributed by atoms with E-state index < -0.39 is 0 Å². The molecule has 2 saturated carbocycles.